The zero-order valence-electron chi connectivity index (χ0n) is 15.4. The van der Waals surface area contributed by atoms with Crippen molar-refractivity contribution in [3.05, 3.63) is 0 Å². The van der Waals surface area contributed by atoms with Gasteiger partial charge in [0.15, 0.2) is 5.96 Å². The first-order valence-electron chi connectivity index (χ1n) is 8.81. The summed E-state index contributed by atoms with van der Waals surface area (Å²) in [4.78, 5) is 7.27. The van der Waals surface area contributed by atoms with Crippen LogP contribution in [0, 0.1) is 0 Å². The Hall–Kier alpha value is -0.420. The number of thioether (sulfide) groups is 1. The number of hydrogen-bond donors (Lipinski definition) is 2. The Kier molecular flexibility index (Phi) is 9.25. The summed E-state index contributed by atoms with van der Waals surface area (Å²) in [5.74, 6) is 0.988. The molecule has 1 fully saturated rings. The minimum Gasteiger partial charge on any atom is -0.357 e. The third-order valence-electron chi connectivity index (χ3n) is 4.36. The summed E-state index contributed by atoms with van der Waals surface area (Å²) in [6, 6.07) is 1.73. The molecule has 0 radical (unpaired) electrons. The van der Waals surface area contributed by atoms with E-state index in [1.165, 1.54) is 19.3 Å². The molecule has 2 N–H and O–H groups in total. The summed E-state index contributed by atoms with van der Waals surface area (Å²) in [5, 5.41) is 7.83. The van der Waals surface area contributed by atoms with Gasteiger partial charge in [-0.15, -0.1) is 0 Å². The molecule has 0 spiro atoms. The lowest BCUT2D eigenvalue weighted by Gasteiger charge is -2.29. The van der Waals surface area contributed by atoms with Gasteiger partial charge in [-0.2, -0.15) is 11.8 Å². The van der Waals surface area contributed by atoms with Gasteiger partial charge in [0.2, 0.25) is 0 Å². The highest BCUT2D eigenvalue weighted by Gasteiger charge is 2.24. The number of hydrogen-bond acceptors (Lipinski definition) is 3. The monoisotopic (exact) mass is 328 g/mol. The summed E-state index contributed by atoms with van der Waals surface area (Å²) in [7, 11) is 0. The predicted octanol–water partition coefficient (Wildman–Crippen LogP) is 2.94. The van der Waals surface area contributed by atoms with Gasteiger partial charge in [-0.3, -0.25) is 9.89 Å². The molecule has 22 heavy (non-hydrogen) atoms. The molecule has 0 saturated heterocycles. The Bertz CT molecular complexity index is 323. The Labute approximate surface area is 141 Å². The van der Waals surface area contributed by atoms with E-state index in [0.29, 0.717) is 18.1 Å². The second kappa shape index (κ2) is 10.4. The minimum atomic E-state index is 0.572. The smallest absolute Gasteiger partial charge is 0.191 e. The maximum absolute atomic E-state index is 4.78. The number of rotatable bonds is 8. The summed E-state index contributed by atoms with van der Waals surface area (Å²) < 4.78 is 0. The van der Waals surface area contributed by atoms with E-state index in [0.717, 1.165) is 30.8 Å². The Morgan fingerprint density at radius 1 is 1.23 bits per heavy atom. The average Bonchev–Trinajstić information content (AvgIpc) is 2.90. The molecule has 130 valence electrons. The van der Waals surface area contributed by atoms with Crippen molar-refractivity contribution in [1.29, 1.82) is 0 Å². The molecule has 1 aliphatic carbocycles. The lowest BCUT2D eigenvalue weighted by Crippen LogP contribution is -2.43. The minimum absolute atomic E-state index is 0.572. The van der Waals surface area contributed by atoms with E-state index in [1.54, 1.807) is 0 Å². The van der Waals surface area contributed by atoms with Crippen LogP contribution < -0.4 is 10.6 Å². The molecule has 1 rings (SSSR count). The molecule has 0 bridgehead atoms. The number of nitrogens with one attached hydrogen (secondary N) is 2. The van der Waals surface area contributed by atoms with Crippen molar-refractivity contribution >= 4 is 17.7 Å². The largest absolute Gasteiger partial charge is 0.357 e. The molecule has 0 aromatic carbocycles. The van der Waals surface area contributed by atoms with Crippen molar-refractivity contribution in [2.45, 2.75) is 77.3 Å². The highest BCUT2D eigenvalue weighted by molar-refractivity contribution is 7.99. The summed E-state index contributed by atoms with van der Waals surface area (Å²) >= 11 is 2.00. The van der Waals surface area contributed by atoms with Crippen LogP contribution in [0.2, 0.25) is 0 Å². The van der Waals surface area contributed by atoms with E-state index in [-0.39, 0.29) is 0 Å². The first kappa shape index (κ1) is 19.6. The van der Waals surface area contributed by atoms with Gasteiger partial charge >= 0.3 is 0 Å². The predicted molar refractivity (Wildman–Crippen MR) is 101 cm³/mol. The molecule has 2 atom stereocenters. The summed E-state index contributed by atoms with van der Waals surface area (Å²) in [6.45, 7) is 14.0. The zero-order valence-corrected chi connectivity index (χ0v) is 16.2. The van der Waals surface area contributed by atoms with Crippen LogP contribution in [-0.4, -0.2) is 60.1 Å². The van der Waals surface area contributed by atoms with Crippen LogP contribution >= 0.6 is 11.8 Å². The summed E-state index contributed by atoms with van der Waals surface area (Å²) in [6.07, 6.45) is 6.07. The molecule has 0 amide bonds. The van der Waals surface area contributed by atoms with Crippen molar-refractivity contribution in [3.63, 3.8) is 0 Å². The molecule has 0 heterocycles. The average molecular weight is 329 g/mol. The molecular weight excluding hydrogens is 292 g/mol. The maximum atomic E-state index is 4.78. The van der Waals surface area contributed by atoms with Gasteiger partial charge in [-0.1, -0.05) is 0 Å². The molecule has 2 unspecified atom stereocenters. The zero-order chi connectivity index (χ0) is 16.5. The van der Waals surface area contributed by atoms with Crippen molar-refractivity contribution in [1.82, 2.24) is 15.5 Å². The van der Waals surface area contributed by atoms with E-state index in [2.05, 4.69) is 56.4 Å². The van der Waals surface area contributed by atoms with Crippen molar-refractivity contribution in [2.24, 2.45) is 4.99 Å². The fourth-order valence-electron chi connectivity index (χ4n) is 3.19. The SMILES string of the molecule is CCNC(=NCCN(C(C)C)C(C)C)NC1CCC(SC)C1. The Morgan fingerprint density at radius 3 is 2.41 bits per heavy atom. The second-order valence-electron chi connectivity index (χ2n) is 6.70. The first-order chi connectivity index (χ1) is 10.5. The van der Waals surface area contributed by atoms with Crippen molar-refractivity contribution in [3.8, 4) is 0 Å². The van der Waals surface area contributed by atoms with Gasteiger partial charge in [0.25, 0.3) is 0 Å². The molecular formula is C17H36N4S. The van der Waals surface area contributed by atoms with E-state index in [4.69, 9.17) is 4.99 Å². The van der Waals surface area contributed by atoms with Crippen LogP contribution in [0.15, 0.2) is 4.99 Å². The van der Waals surface area contributed by atoms with E-state index in [9.17, 15) is 0 Å². The third-order valence-corrected chi connectivity index (χ3v) is 5.45. The molecule has 0 aliphatic heterocycles. The first-order valence-corrected chi connectivity index (χ1v) is 10.1. The Balaban J connectivity index is 2.48. The van der Waals surface area contributed by atoms with E-state index in [1.807, 2.05) is 11.8 Å². The molecule has 1 saturated carbocycles. The Morgan fingerprint density at radius 2 is 1.91 bits per heavy atom. The lowest BCUT2D eigenvalue weighted by atomic mass is 10.2. The highest BCUT2D eigenvalue weighted by atomic mass is 32.2. The van der Waals surface area contributed by atoms with Gasteiger partial charge in [0, 0.05) is 36.5 Å². The van der Waals surface area contributed by atoms with Gasteiger partial charge in [-0.25, -0.2) is 0 Å². The van der Waals surface area contributed by atoms with E-state index < -0.39 is 0 Å². The fraction of sp³-hybridized carbons (Fsp3) is 0.941. The third kappa shape index (κ3) is 6.78. The van der Waals surface area contributed by atoms with Crippen molar-refractivity contribution in [2.75, 3.05) is 25.9 Å². The fourth-order valence-corrected chi connectivity index (χ4v) is 3.99. The molecule has 4 nitrogen and oxygen atoms in total. The quantitative estimate of drug-likeness (QED) is 0.531. The normalized spacial score (nSPS) is 22.9. The van der Waals surface area contributed by atoms with Gasteiger partial charge in [0.1, 0.15) is 0 Å². The summed E-state index contributed by atoms with van der Waals surface area (Å²) in [5.41, 5.74) is 0. The number of guanidine groups is 1. The van der Waals surface area contributed by atoms with Gasteiger partial charge in [-0.05, 0) is 60.1 Å². The van der Waals surface area contributed by atoms with Crippen LogP contribution in [-0.2, 0) is 0 Å². The second-order valence-corrected chi connectivity index (χ2v) is 7.84. The van der Waals surface area contributed by atoms with Gasteiger partial charge < -0.3 is 10.6 Å². The van der Waals surface area contributed by atoms with E-state index >= 15 is 0 Å². The number of nitrogens with zero attached hydrogens (tertiary/aromatic N) is 2. The topological polar surface area (TPSA) is 39.7 Å². The standard InChI is InChI=1S/C17H36N4S/c1-7-18-17(20-15-8-9-16(12-15)22-6)19-10-11-21(13(2)3)14(4)5/h13-16H,7-12H2,1-6H3,(H2,18,19,20). The molecule has 0 aromatic rings. The number of aliphatic imine (C=N–C) groups is 1. The van der Waals surface area contributed by atoms with Crippen LogP contribution in [0.4, 0.5) is 0 Å². The maximum Gasteiger partial charge on any atom is 0.191 e. The van der Waals surface area contributed by atoms with Crippen LogP contribution in [0.25, 0.3) is 0 Å². The molecule has 0 aromatic heterocycles. The van der Waals surface area contributed by atoms with Crippen LogP contribution in [0.5, 0.6) is 0 Å². The van der Waals surface area contributed by atoms with Crippen LogP contribution in [0.1, 0.15) is 53.9 Å². The van der Waals surface area contributed by atoms with Crippen LogP contribution in [0.3, 0.4) is 0 Å². The van der Waals surface area contributed by atoms with Crippen molar-refractivity contribution < 1.29 is 0 Å². The lowest BCUT2D eigenvalue weighted by molar-refractivity contribution is 0.181. The van der Waals surface area contributed by atoms with Gasteiger partial charge in [0.05, 0.1) is 6.54 Å². The molecule has 5 heteroatoms. The molecule has 1 aliphatic rings. The highest BCUT2D eigenvalue weighted by Crippen LogP contribution is 2.27.